The van der Waals surface area contributed by atoms with E-state index in [9.17, 15) is 9.59 Å². The van der Waals surface area contributed by atoms with E-state index in [0.29, 0.717) is 12.1 Å². The van der Waals surface area contributed by atoms with Crippen molar-refractivity contribution in [2.75, 3.05) is 23.3 Å². The fourth-order valence-electron chi connectivity index (χ4n) is 6.55. The Morgan fingerprint density at radius 3 is 2.30 bits per heavy atom. The van der Waals surface area contributed by atoms with Crippen molar-refractivity contribution in [3.63, 3.8) is 0 Å². The summed E-state index contributed by atoms with van der Waals surface area (Å²) in [6.45, 7) is 2.53. The van der Waals surface area contributed by atoms with Crippen LogP contribution in [-0.4, -0.2) is 41.9 Å². The third-order valence-corrected chi connectivity index (χ3v) is 9.87. The number of hydrogen-bond acceptors (Lipinski definition) is 5. The molecule has 0 bridgehead atoms. The second-order valence-electron chi connectivity index (χ2n) is 12.1. The van der Waals surface area contributed by atoms with E-state index in [1.54, 1.807) is 0 Å². The van der Waals surface area contributed by atoms with E-state index in [0.717, 1.165) is 84.6 Å². The smallest absolute Gasteiger partial charge is 0.264 e. The van der Waals surface area contributed by atoms with Crippen LogP contribution in [0, 0.1) is 0 Å². The summed E-state index contributed by atoms with van der Waals surface area (Å²) in [5.74, 6) is -0.0129. The van der Waals surface area contributed by atoms with Crippen molar-refractivity contribution in [2.24, 2.45) is 5.73 Å². The van der Waals surface area contributed by atoms with Gasteiger partial charge in [-0.25, -0.2) is 0 Å². The van der Waals surface area contributed by atoms with E-state index in [2.05, 4.69) is 57.6 Å². The molecule has 1 saturated carbocycles. The largest absolute Gasteiger partial charge is 0.370 e. The molecular formula is C37H42N4O2S. The summed E-state index contributed by atoms with van der Waals surface area (Å²) in [6.07, 6.45) is 8.55. The highest BCUT2D eigenvalue weighted by atomic mass is 32.1. The molecule has 6 nitrogen and oxygen atoms in total. The normalized spacial score (nSPS) is 18.8. The Kier molecular flexibility index (Phi) is 9.73. The molecule has 2 amide bonds. The van der Waals surface area contributed by atoms with Crippen LogP contribution in [0.2, 0.25) is 0 Å². The predicted molar refractivity (Wildman–Crippen MR) is 181 cm³/mol. The Balaban J connectivity index is 1.29. The Bertz CT molecular complexity index is 1540. The number of rotatable bonds is 8. The number of anilines is 2. The van der Waals surface area contributed by atoms with Gasteiger partial charge in [-0.05, 0) is 97.0 Å². The monoisotopic (exact) mass is 606 g/mol. The van der Waals surface area contributed by atoms with Gasteiger partial charge in [0.2, 0.25) is 0 Å². The molecule has 0 radical (unpaired) electrons. The van der Waals surface area contributed by atoms with Gasteiger partial charge in [0.15, 0.2) is 0 Å². The van der Waals surface area contributed by atoms with Gasteiger partial charge in [0.25, 0.3) is 11.8 Å². The molecule has 6 rings (SSSR count). The summed E-state index contributed by atoms with van der Waals surface area (Å²) < 4.78 is 0. The first-order valence-corrected chi connectivity index (χ1v) is 16.9. The predicted octanol–water partition coefficient (Wildman–Crippen LogP) is 7.96. The Morgan fingerprint density at radius 2 is 1.57 bits per heavy atom. The van der Waals surface area contributed by atoms with E-state index in [4.69, 9.17) is 5.73 Å². The van der Waals surface area contributed by atoms with Crippen LogP contribution in [0.3, 0.4) is 0 Å². The van der Waals surface area contributed by atoms with Crippen LogP contribution in [0.5, 0.6) is 0 Å². The summed E-state index contributed by atoms with van der Waals surface area (Å²) in [5, 5.41) is 5.20. The molecule has 1 aromatic heterocycles. The first-order chi connectivity index (χ1) is 21.5. The SMILES string of the molecule is NC1CCC(N(Cc2cccc(-c3ccc(N4CCCCCC4)c(NC(=O)c4ccccc4)c3)c2)C(=O)c2cccs2)CC1. The van der Waals surface area contributed by atoms with Crippen LogP contribution in [-0.2, 0) is 6.54 Å². The minimum Gasteiger partial charge on any atom is -0.370 e. The van der Waals surface area contributed by atoms with Crippen molar-refractivity contribution in [2.45, 2.75) is 70.0 Å². The van der Waals surface area contributed by atoms with E-state index in [-0.39, 0.29) is 23.9 Å². The van der Waals surface area contributed by atoms with Crippen LogP contribution in [0.25, 0.3) is 11.1 Å². The Hall–Kier alpha value is -3.94. The van der Waals surface area contributed by atoms with Crippen molar-refractivity contribution < 1.29 is 9.59 Å². The quantitative estimate of drug-likeness (QED) is 0.213. The van der Waals surface area contributed by atoms with Gasteiger partial charge >= 0.3 is 0 Å². The van der Waals surface area contributed by atoms with Crippen molar-refractivity contribution >= 4 is 34.5 Å². The highest BCUT2D eigenvalue weighted by Gasteiger charge is 2.29. The second-order valence-corrected chi connectivity index (χ2v) is 13.1. The zero-order valence-electron chi connectivity index (χ0n) is 25.3. The van der Waals surface area contributed by atoms with Gasteiger partial charge in [0, 0.05) is 37.3 Å². The highest BCUT2D eigenvalue weighted by Crippen LogP contribution is 2.34. The van der Waals surface area contributed by atoms with Gasteiger partial charge in [-0.2, -0.15) is 0 Å². The molecule has 0 spiro atoms. The molecule has 1 saturated heterocycles. The Labute approximate surface area is 264 Å². The van der Waals surface area contributed by atoms with E-state index in [1.165, 1.54) is 24.2 Å². The molecule has 0 atom stereocenters. The minimum absolute atomic E-state index is 0.0959. The number of amides is 2. The zero-order chi connectivity index (χ0) is 30.3. The molecule has 3 N–H and O–H groups in total. The number of carbonyl (C=O) groups is 2. The number of nitrogens with two attached hydrogens (primary N) is 1. The summed E-state index contributed by atoms with van der Waals surface area (Å²) in [4.78, 5) is 32.2. The average molecular weight is 607 g/mol. The molecule has 44 heavy (non-hydrogen) atoms. The van der Waals surface area contributed by atoms with Crippen molar-refractivity contribution in [3.8, 4) is 11.1 Å². The van der Waals surface area contributed by atoms with Gasteiger partial charge in [-0.15, -0.1) is 11.3 Å². The van der Waals surface area contributed by atoms with Crippen molar-refractivity contribution in [3.05, 3.63) is 106 Å². The standard InChI is InChI=1S/C37H42N4O2S/c38-31-16-18-32(19-17-31)41(37(43)35-14-9-23-44-35)26-27-10-8-13-29(24-27)30-15-20-34(40-21-6-1-2-7-22-40)33(25-30)39-36(42)28-11-4-3-5-12-28/h3-5,8-15,20,23-25,31-32H,1-2,6-7,16-19,21-22,26,38H2,(H,39,42). The maximum Gasteiger partial charge on any atom is 0.264 e. The lowest BCUT2D eigenvalue weighted by Gasteiger charge is -2.36. The molecule has 2 fully saturated rings. The van der Waals surface area contributed by atoms with Crippen LogP contribution in [0.4, 0.5) is 11.4 Å². The molecule has 0 unspecified atom stereocenters. The average Bonchev–Trinajstić information content (AvgIpc) is 3.47. The number of benzene rings is 3. The summed E-state index contributed by atoms with van der Waals surface area (Å²) in [7, 11) is 0. The molecule has 7 heteroatoms. The summed E-state index contributed by atoms with van der Waals surface area (Å²) in [6, 6.07) is 28.6. The molecule has 2 heterocycles. The molecule has 228 valence electrons. The topological polar surface area (TPSA) is 78.7 Å². The molecular weight excluding hydrogens is 565 g/mol. The first-order valence-electron chi connectivity index (χ1n) is 16.0. The lowest BCUT2D eigenvalue weighted by Crippen LogP contribution is -2.43. The van der Waals surface area contributed by atoms with E-state index in [1.807, 2.05) is 47.8 Å². The van der Waals surface area contributed by atoms with Crippen molar-refractivity contribution in [1.29, 1.82) is 0 Å². The van der Waals surface area contributed by atoms with E-state index >= 15 is 0 Å². The fourth-order valence-corrected chi connectivity index (χ4v) is 7.23. The van der Waals surface area contributed by atoms with Gasteiger partial charge < -0.3 is 20.9 Å². The number of nitrogens with one attached hydrogen (secondary N) is 1. The number of nitrogens with zero attached hydrogens (tertiary/aromatic N) is 2. The third kappa shape index (κ3) is 7.22. The lowest BCUT2D eigenvalue weighted by molar-refractivity contribution is 0.0611. The van der Waals surface area contributed by atoms with Gasteiger partial charge in [0.1, 0.15) is 0 Å². The number of hydrogen-bond donors (Lipinski definition) is 2. The van der Waals surface area contributed by atoms with Gasteiger partial charge in [-0.1, -0.05) is 61.4 Å². The fraction of sp³-hybridized carbons (Fsp3) is 0.351. The maximum atomic E-state index is 13.7. The number of carbonyl (C=O) groups excluding carboxylic acids is 2. The summed E-state index contributed by atoms with van der Waals surface area (Å²) >= 11 is 1.50. The minimum atomic E-state index is -0.109. The lowest BCUT2D eigenvalue weighted by atomic mass is 9.90. The van der Waals surface area contributed by atoms with E-state index < -0.39 is 0 Å². The number of thiophene rings is 1. The zero-order valence-corrected chi connectivity index (χ0v) is 26.1. The van der Waals surface area contributed by atoms with Gasteiger partial charge in [0.05, 0.1) is 16.3 Å². The summed E-state index contributed by atoms with van der Waals surface area (Å²) in [5.41, 5.74) is 11.9. The Morgan fingerprint density at radius 1 is 0.818 bits per heavy atom. The molecule has 1 aliphatic heterocycles. The van der Waals surface area contributed by atoms with Crippen LogP contribution >= 0.6 is 11.3 Å². The highest BCUT2D eigenvalue weighted by molar-refractivity contribution is 7.12. The molecule has 2 aliphatic rings. The second kappa shape index (κ2) is 14.2. The maximum absolute atomic E-state index is 13.7. The van der Waals surface area contributed by atoms with Gasteiger partial charge in [-0.3, -0.25) is 9.59 Å². The third-order valence-electron chi connectivity index (χ3n) is 9.02. The molecule has 3 aromatic carbocycles. The molecule has 4 aromatic rings. The van der Waals surface area contributed by atoms with Crippen LogP contribution in [0.15, 0.2) is 90.3 Å². The van der Waals surface area contributed by atoms with Crippen LogP contribution < -0.4 is 16.0 Å². The molecule has 1 aliphatic carbocycles. The van der Waals surface area contributed by atoms with Crippen molar-refractivity contribution in [1.82, 2.24) is 4.90 Å². The van der Waals surface area contributed by atoms with Crippen LogP contribution in [0.1, 0.15) is 77.0 Å². The first kappa shape index (κ1) is 30.1.